The molecule has 0 N–H and O–H groups in total. The third kappa shape index (κ3) is 2.57. The Labute approximate surface area is 127 Å². The van der Waals surface area contributed by atoms with Gasteiger partial charge in [0.2, 0.25) is 0 Å². The lowest BCUT2D eigenvalue weighted by molar-refractivity contribution is 0.660. The zero-order valence-electron chi connectivity index (χ0n) is 11.7. The smallest absolute Gasteiger partial charge is 0.260 e. The van der Waals surface area contributed by atoms with Crippen molar-refractivity contribution in [3.05, 3.63) is 64.2 Å². The molecule has 3 rings (SSSR count). The number of halogens is 1. The average Bonchev–Trinajstić information content (AvgIpc) is 2.50. The molecule has 0 spiro atoms. The Balaban J connectivity index is 2.36. The molecule has 1 aromatic carbocycles. The minimum Gasteiger partial charge on any atom is -0.314 e. The molecule has 0 aliphatic rings. The first-order valence-electron chi connectivity index (χ1n) is 6.95. The van der Waals surface area contributed by atoms with E-state index in [1.807, 2.05) is 36.5 Å². The van der Waals surface area contributed by atoms with Gasteiger partial charge < -0.3 is 4.57 Å². The molecule has 21 heavy (non-hydrogen) atoms. The van der Waals surface area contributed by atoms with Crippen LogP contribution in [0.4, 0.5) is 0 Å². The van der Waals surface area contributed by atoms with Crippen molar-refractivity contribution >= 4 is 22.5 Å². The fourth-order valence-electron chi connectivity index (χ4n) is 2.50. The molecule has 0 saturated carbocycles. The fraction of sp³-hybridized carbons (Fsp3) is 0.176. The second kappa shape index (κ2) is 5.70. The Kier molecular flexibility index (Phi) is 3.76. The molecular formula is C17H15ClN2O. The minimum absolute atomic E-state index is 0.00530. The van der Waals surface area contributed by atoms with Crippen LogP contribution in [0.2, 0.25) is 5.02 Å². The molecule has 0 aliphatic heterocycles. The summed E-state index contributed by atoms with van der Waals surface area (Å²) < 4.78 is 1.75. The summed E-state index contributed by atoms with van der Waals surface area (Å²) in [5.41, 5.74) is 2.63. The maximum atomic E-state index is 12.5. The van der Waals surface area contributed by atoms with Crippen LogP contribution in [0.1, 0.15) is 13.3 Å². The highest BCUT2D eigenvalue weighted by Crippen LogP contribution is 2.27. The van der Waals surface area contributed by atoms with Crippen molar-refractivity contribution in [1.29, 1.82) is 0 Å². The summed E-state index contributed by atoms with van der Waals surface area (Å²) in [6, 6.07) is 11.2. The third-order valence-electron chi connectivity index (χ3n) is 3.44. The van der Waals surface area contributed by atoms with E-state index in [0.29, 0.717) is 17.0 Å². The maximum absolute atomic E-state index is 12.5. The van der Waals surface area contributed by atoms with Crippen LogP contribution in [0.15, 0.2) is 53.6 Å². The van der Waals surface area contributed by atoms with E-state index in [1.54, 1.807) is 16.8 Å². The second-order valence-corrected chi connectivity index (χ2v) is 5.39. The highest BCUT2D eigenvalue weighted by Gasteiger charge is 2.11. The first-order valence-corrected chi connectivity index (χ1v) is 7.32. The molecule has 0 amide bonds. The van der Waals surface area contributed by atoms with Gasteiger partial charge in [-0.1, -0.05) is 30.7 Å². The number of rotatable bonds is 3. The van der Waals surface area contributed by atoms with Crippen LogP contribution in [-0.4, -0.2) is 9.55 Å². The summed E-state index contributed by atoms with van der Waals surface area (Å²) in [5.74, 6) is 0. The standard InChI is InChI=1S/C17H15ClN2O/c1-2-9-20-11-15(12-5-3-6-13(18)10-12)16-14(17(20)21)7-4-8-19-16/h3-8,10-11H,2,9H2,1H3. The predicted molar refractivity (Wildman–Crippen MR) is 86.7 cm³/mol. The molecule has 0 aliphatic carbocycles. The Morgan fingerprint density at radius 2 is 2.10 bits per heavy atom. The van der Waals surface area contributed by atoms with Crippen LogP contribution in [0, 0.1) is 0 Å². The fourth-order valence-corrected chi connectivity index (χ4v) is 2.69. The van der Waals surface area contributed by atoms with Gasteiger partial charge in [-0.05, 0) is 36.2 Å². The maximum Gasteiger partial charge on any atom is 0.260 e. The number of hydrogen-bond donors (Lipinski definition) is 0. The molecule has 3 aromatic rings. The molecule has 106 valence electrons. The Morgan fingerprint density at radius 1 is 1.24 bits per heavy atom. The van der Waals surface area contributed by atoms with Gasteiger partial charge in [-0.3, -0.25) is 9.78 Å². The summed E-state index contributed by atoms with van der Waals surface area (Å²) in [6.07, 6.45) is 4.49. The molecule has 2 heterocycles. The molecule has 0 bridgehead atoms. The van der Waals surface area contributed by atoms with Gasteiger partial charge in [0.15, 0.2) is 0 Å². The monoisotopic (exact) mass is 298 g/mol. The Morgan fingerprint density at radius 3 is 2.86 bits per heavy atom. The molecule has 0 unspecified atom stereocenters. The Hall–Kier alpha value is -2.13. The molecule has 0 radical (unpaired) electrons. The highest BCUT2D eigenvalue weighted by atomic mass is 35.5. The summed E-state index contributed by atoms with van der Waals surface area (Å²) in [4.78, 5) is 16.9. The Bertz CT molecular complexity index is 855. The number of hydrogen-bond acceptors (Lipinski definition) is 2. The molecule has 3 nitrogen and oxygen atoms in total. The van der Waals surface area contributed by atoms with Gasteiger partial charge in [0.25, 0.3) is 5.56 Å². The zero-order valence-corrected chi connectivity index (χ0v) is 12.5. The van der Waals surface area contributed by atoms with E-state index in [-0.39, 0.29) is 5.56 Å². The number of nitrogens with zero attached hydrogens (tertiary/aromatic N) is 2. The van der Waals surface area contributed by atoms with E-state index in [4.69, 9.17) is 11.6 Å². The van der Waals surface area contributed by atoms with Crippen LogP contribution >= 0.6 is 11.6 Å². The van der Waals surface area contributed by atoms with E-state index in [9.17, 15) is 4.79 Å². The minimum atomic E-state index is 0.00530. The van der Waals surface area contributed by atoms with Gasteiger partial charge in [0, 0.05) is 29.5 Å². The van der Waals surface area contributed by atoms with Crippen LogP contribution in [0.5, 0.6) is 0 Å². The summed E-state index contributed by atoms with van der Waals surface area (Å²) in [5, 5.41) is 1.31. The molecule has 0 atom stereocenters. The van der Waals surface area contributed by atoms with Gasteiger partial charge in [0.1, 0.15) is 0 Å². The lowest BCUT2D eigenvalue weighted by Gasteiger charge is -2.11. The third-order valence-corrected chi connectivity index (χ3v) is 3.67. The van der Waals surface area contributed by atoms with Crippen LogP contribution in [0.25, 0.3) is 22.0 Å². The van der Waals surface area contributed by atoms with E-state index in [2.05, 4.69) is 11.9 Å². The first kappa shape index (κ1) is 13.8. The van der Waals surface area contributed by atoms with E-state index in [1.165, 1.54) is 0 Å². The van der Waals surface area contributed by atoms with Gasteiger partial charge in [-0.2, -0.15) is 0 Å². The summed E-state index contributed by atoms with van der Waals surface area (Å²) in [7, 11) is 0. The van der Waals surface area contributed by atoms with Crippen molar-refractivity contribution in [1.82, 2.24) is 9.55 Å². The topological polar surface area (TPSA) is 34.9 Å². The van der Waals surface area contributed by atoms with Gasteiger partial charge in [-0.15, -0.1) is 0 Å². The van der Waals surface area contributed by atoms with E-state index >= 15 is 0 Å². The summed E-state index contributed by atoms with van der Waals surface area (Å²) >= 11 is 6.09. The van der Waals surface area contributed by atoms with Crippen molar-refractivity contribution in [2.24, 2.45) is 0 Å². The number of benzene rings is 1. The highest BCUT2D eigenvalue weighted by molar-refractivity contribution is 6.30. The largest absolute Gasteiger partial charge is 0.314 e. The van der Waals surface area contributed by atoms with Gasteiger partial charge >= 0.3 is 0 Å². The normalized spacial score (nSPS) is 11.0. The number of aromatic nitrogens is 2. The molecule has 0 fully saturated rings. The van der Waals surface area contributed by atoms with Crippen LogP contribution in [-0.2, 0) is 6.54 Å². The quantitative estimate of drug-likeness (QED) is 0.729. The molecule has 0 saturated heterocycles. The van der Waals surface area contributed by atoms with Crippen molar-refractivity contribution in [3.8, 4) is 11.1 Å². The van der Waals surface area contributed by atoms with E-state index < -0.39 is 0 Å². The molecule has 4 heteroatoms. The van der Waals surface area contributed by atoms with Gasteiger partial charge in [0.05, 0.1) is 10.9 Å². The van der Waals surface area contributed by atoms with Crippen molar-refractivity contribution in [3.63, 3.8) is 0 Å². The number of fused-ring (bicyclic) bond motifs is 1. The van der Waals surface area contributed by atoms with Crippen molar-refractivity contribution < 1.29 is 0 Å². The second-order valence-electron chi connectivity index (χ2n) is 4.95. The van der Waals surface area contributed by atoms with Crippen LogP contribution in [0.3, 0.4) is 0 Å². The predicted octanol–water partition coefficient (Wildman–Crippen LogP) is 4.13. The van der Waals surface area contributed by atoms with Crippen LogP contribution < -0.4 is 5.56 Å². The number of pyridine rings is 2. The summed E-state index contributed by atoms with van der Waals surface area (Å²) in [6.45, 7) is 2.75. The first-order chi connectivity index (χ1) is 10.2. The molecule has 2 aromatic heterocycles. The zero-order chi connectivity index (χ0) is 14.8. The number of aryl methyl sites for hydroxylation is 1. The average molecular weight is 299 g/mol. The molecular weight excluding hydrogens is 284 g/mol. The SMILES string of the molecule is CCCn1cc(-c2cccc(Cl)c2)c2ncccc2c1=O. The lowest BCUT2D eigenvalue weighted by atomic mass is 10.0. The van der Waals surface area contributed by atoms with Crippen molar-refractivity contribution in [2.45, 2.75) is 19.9 Å². The van der Waals surface area contributed by atoms with Crippen molar-refractivity contribution in [2.75, 3.05) is 0 Å². The lowest BCUT2D eigenvalue weighted by Crippen LogP contribution is -2.20. The van der Waals surface area contributed by atoms with Gasteiger partial charge in [-0.25, -0.2) is 0 Å². The van der Waals surface area contributed by atoms with E-state index in [0.717, 1.165) is 23.1 Å².